The Morgan fingerprint density at radius 2 is 1.97 bits per heavy atom. The average molecular weight is 415 g/mol. The SMILES string of the molecule is Cc1ccc(N2C[C@H](C(=O)OCC(=O)Nc3ccc(F)cc3)CC2=O)cc1[N+](=O)[O-]. The van der Waals surface area contributed by atoms with Crippen LogP contribution >= 0.6 is 0 Å². The normalized spacial score (nSPS) is 15.7. The van der Waals surface area contributed by atoms with Crippen LogP contribution in [-0.2, 0) is 19.1 Å². The van der Waals surface area contributed by atoms with Gasteiger partial charge in [-0.3, -0.25) is 24.5 Å². The van der Waals surface area contributed by atoms with Crippen LogP contribution in [0.3, 0.4) is 0 Å². The fourth-order valence-corrected chi connectivity index (χ4v) is 3.06. The zero-order valence-corrected chi connectivity index (χ0v) is 16.0. The molecular weight excluding hydrogens is 397 g/mol. The molecule has 3 rings (SSSR count). The average Bonchev–Trinajstić information content (AvgIpc) is 3.10. The molecule has 1 heterocycles. The molecule has 2 aromatic rings. The van der Waals surface area contributed by atoms with Crippen LogP contribution in [0.5, 0.6) is 0 Å². The molecule has 30 heavy (non-hydrogen) atoms. The molecule has 1 aliphatic rings. The number of benzene rings is 2. The standard InChI is InChI=1S/C20H18FN3O6/c1-12-2-7-16(9-17(12)24(28)29)23-10-13(8-19(23)26)20(27)30-11-18(25)22-15-5-3-14(21)4-6-15/h2-7,9,13H,8,10-11H2,1H3,(H,22,25)/t13-/m1/s1. The summed E-state index contributed by atoms with van der Waals surface area (Å²) in [5, 5.41) is 13.6. The monoisotopic (exact) mass is 415 g/mol. The van der Waals surface area contributed by atoms with E-state index in [-0.39, 0.29) is 24.6 Å². The van der Waals surface area contributed by atoms with E-state index in [0.29, 0.717) is 16.9 Å². The van der Waals surface area contributed by atoms with Crippen molar-refractivity contribution in [2.24, 2.45) is 5.92 Å². The smallest absolute Gasteiger partial charge is 0.311 e. The number of nitrogens with one attached hydrogen (secondary N) is 1. The maximum absolute atomic E-state index is 12.9. The highest BCUT2D eigenvalue weighted by molar-refractivity contribution is 6.00. The number of halogens is 1. The molecule has 0 aliphatic carbocycles. The molecule has 9 nitrogen and oxygen atoms in total. The van der Waals surface area contributed by atoms with Gasteiger partial charge in [-0.2, -0.15) is 0 Å². The first-order chi connectivity index (χ1) is 14.2. The van der Waals surface area contributed by atoms with Crippen LogP contribution in [0.25, 0.3) is 0 Å². The lowest BCUT2D eigenvalue weighted by Crippen LogP contribution is -2.28. The predicted molar refractivity (Wildman–Crippen MR) is 104 cm³/mol. The van der Waals surface area contributed by atoms with Crippen molar-refractivity contribution in [3.8, 4) is 0 Å². The highest BCUT2D eigenvalue weighted by Crippen LogP contribution is 2.30. The number of anilines is 2. The van der Waals surface area contributed by atoms with Crippen molar-refractivity contribution in [3.63, 3.8) is 0 Å². The number of carbonyl (C=O) groups is 3. The molecule has 1 fully saturated rings. The number of esters is 1. The molecule has 1 atom stereocenters. The van der Waals surface area contributed by atoms with Crippen LogP contribution in [-0.4, -0.2) is 35.9 Å². The van der Waals surface area contributed by atoms with Gasteiger partial charge in [0, 0.05) is 30.3 Å². The van der Waals surface area contributed by atoms with E-state index in [2.05, 4.69) is 5.32 Å². The number of nitro benzene ring substituents is 1. The van der Waals surface area contributed by atoms with E-state index in [1.807, 2.05) is 0 Å². The molecule has 2 aromatic carbocycles. The molecule has 0 radical (unpaired) electrons. The third kappa shape index (κ3) is 4.77. The second-order valence-electron chi connectivity index (χ2n) is 6.80. The summed E-state index contributed by atoms with van der Waals surface area (Å²) in [4.78, 5) is 48.3. The van der Waals surface area contributed by atoms with Crippen LogP contribution < -0.4 is 10.2 Å². The minimum absolute atomic E-state index is 0.00252. The van der Waals surface area contributed by atoms with Crippen molar-refractivity contribution < 1.29 is 28.4 Å². The number of carbonyl (C=O) groups excluding carboxylic acids is 3. The largest absolute Gasteiger partial charge is 0.455 e. The van der Waals surface area contributed by atoms with Gasteiger partial charge >= 0.3 is 5.97 Å². The molecule has 1 saturated heterocycles. The fourth-order valence-electron chi connectivity index (χ4n) is 3.06. The summed E-state index contributed by atoms with van der Waals surface area (Å²) in [6, 6.07) is 9.48. The predicted octanol–water partition coefficient (Wildman–Crippen LogP) is 2.58. The van der Waals surface area contributed by atoms with Gasteiger partial charge in [0.2, 0.25) is 5.91 Å². The molecule has 0 unspecified atom stereocenters. The van der Waals surface area contributed by atoms with E-state index in [9.17, 15) is 28.9 Å². The van der Waals surface area contributed by atoms with E-state index < -0.39 is 35.1 Å². The van der Waals surface area contributed by atoms with E-state index in [0.717, 1.165) is 0 Å². The first-order valence-electron chi connectivity index (χ1n) is 9.02. The number of rotatable bonds is 6. The summed E-state index contributed by atoms with van der Waals surface area (Å²) in [6.07, 6.45) is -0.125. The number of hydrogen-bond acceptors (Lipinski definition) is 6. The molecule has 0 aromatic heterocycles. The van der Waals surface area contributed by atoms with E-state index >= 15 is 0 Å². The van der Waals surface area contributed by atoms with Gasteiger partial charge in [0.1, 0.15) is 5.82 Å². The van der Waals surface area contributed by atoms with Crippen molar-refractivity contribution >= 4 is 34.8 Å². The van der Waals surface area contributed by atoms with Gasteiger partial charge in [-0.15, -0.1) is 0 Å². The maximum Gasteiger partial charge on any atom is 0.311 e. The number of ether oxygens (including phenoxy) is 1. The second kappa shape index (κ2) is 8.68. The van der Waals surface area contributed by atoms with E-state index in [4.69, 9.17) is 4.74 Å². The Morgan fingerprint density at radius 1 is 1.27 bits per heavy atom. The Kier molecular flexibility index (Phi) is 6.05. The van der Waals surface area contributed by atoms with Crippen LogP contribution in [0.4, 0.5) is 21.5 Å². The molecule has 1 aliphatic heterocycles. The molecular formula is C20H18FN3O6. The minimum Gasteiger partial charge on any atom is -0.455 e. The highest BCUT2D eigenvalue weighted by atomic mass is 19.1. The molecule has 0 bridgehead atoms. The molecule has 10 heteroatoms. The van der Waals surface area contributed by atoms with Crippen LogP contribution in [0, 0.1) is 28.8 Å². The summed E-state index contributed by atoms with van der Waals surface area (Å²) >= 11 is 0. The van der Waals surface area contributed by atoms with Gasteiger partial charge in [-0.05, 0) is 37.3 Å². The fraction of sp³-hybridized carbons (Fsp3) is 0.250. The first-order valence-corrected chi connectivity index (χ1v) is 9.02. The van der Waals surface area contributed by atoms with Crippen molar-refractivity contribution in [3.05, 3.63) is 64.0 Å². The van der Waals surface area contributed by atoms with E-state index in [1.54, 1.807) is 13.0 Å². The molecule has 0 saturated carbocycles. The quantitative estimate of drug-likeness (QED) is 0.440. The lowest BCUT2D eigenvalue weighted by atomic mass is 10.1. The Bertz CT molecular complexity index is 1010. The molecule has 2 amide bonds. The lowest BCUT2D eigenvalue weighted by molar-refractivity contribution is -0.385. The van der Waals surface area contributed by atoms with Crippen LogP contribution in [0.1, 0.15) is 12.0 Å². The summed E-state index contributed by atoms with van der Waals surface area (Å²) in [5.41, 5.74) is 1.00. The number of aryl methyl sites for hydroxylation is 1. The van der Waals surface area contributed by atoms with Gasteiger partial charge in [-0.25, -0.2) is 4.39 Å². The Balaban J connectivity index is 1.57. The lowest BCUT2D eigenvalue weighted by Gasteiger charge is -2.16. The van der Waals surface area contributed by atoms with Crippen LogP contribution in [0.2, 0.25) is 0 Å². The third-order valence-corrected chi connectivity index (χ3v) is 4.63. The topological polar surface area (TPSA) is 119 Å². The van der Waals surface area contributed by atoms with Gasteiger partial charge in [0.15, 0.2) is 6.61 Å². The maximum atomic E-state index is 12.9. The summed E-state index contributed by atoms with van der Waals surface area (Å²) in [6.45, 7) is 1.03. The van der Waals surface area contributed by atoms with Gasteiger partial charge in [0.05, 0.1) is 16.5 Å². The van der Waals surface area contributed by atoms with Crippen molar-refractivity contribution in [1.82, 2.24) is 0 Å². The van der Waals surface area contributed by atoms with E-state index in [1.165, 1.54) is 41.3 Å². The van der Waals surface area contributed by atoms with Crippen molar-refractivity contribution in [2.45, 2.75) is 13.3 Å². The number of nitro groups is 1. The van der Waals surface area contributed by atoms with Crippen molar-refractivity contribution in [2.75, 3.05) is 23.4 Å². The zero-order valence-electron chi connectivity index (χ0n) is 16.0. The highest BCUT2D eigenvalue weighted by Gasteiger charge is 2.37. The summed E-state index contributed by atoms with van der Waals surface area (Å²) in [7, 11) is 0. The molecule has 156 valence electrons. The minimum atomic E-state index is -0.795. The van der Waals surface area contributed by atoms with Gasteiger partial charge < -0.3 is 15.0 Å². The Morgan fingerprint density at radius 3 is 2.63 bits per heavy atom. The number of nitrogens with zero attached hydrogens (tertiary/aromatic N) is 2. The second-order valence-corrected chi connectivity index (χ2v) is 6.80. The van der Waals surface area contributed by atoms with Gasteiger partial charge in [0.25, 0.3) is 11.6 Å². The first kappa shape index (κ1) is 20.9. The van der Waals surface area contributed by atoms with Crippen molar-refractivity contribution in [1.29, 1.82) is 0 Å². The summed E-state index contributed by atoms with van der Waals surface area (Å²) in [5.74, 6) is -2.94. The van der Waals surface area contributed by atoms with Crippen LogP contribution in [0.15, 0.2) is 42.5 Å². The number of amides is 2. The zero-order chi connectivity index (χ0) is 21.8. The molecule has 0 spiro atoms. The molecule has 1 N–H and O–H groups in total. The Labute approximate surface area is 170 Å². The third-order valence-electron chi connectivity index (χ3n) is 4.63. The Hall–Kier alpha value is -3.82. The summed E-state index contributed by atoms with van der Waals surface area (Å²) < 4.78 is 17.9. The van der Waals surface area contributed by atoms with Gasteiger partial charge in [-0.1, -0.05) is 6.07 Å². The number of hydrogen-bond donors (Lipinski definition) is 1.